The molecule has 0 aromatic heterocycles. The number of nitrogens with zero attached hydrogens (tertiary/aromatic N) is 1. The van der Waals surface area contributed by atoms with Crippen molar-refractivity contribution < 1.29 is 23.9 Å². The van der Waals surface area contributed by atoms with Crippen LogP contribution in [-0.4, -0.2) is 47.1 Å². The molecule has 32 heavy (non-hydrogen) atoms. The van der Waals surface area contributed by atoms with Crippen molar-refractivity contribution in [3.8, 4) is 0 Å². The van der Waals surface area contributed by atoms with Crippen molar-refractivity contribution in [3.63, 3.8) is 0 Å². The van der Waals surface area contributed by atoms with E-state index < -0.39 is 23.3 Å². The van der Waals surface area contributed by atoms with Crippen LogP contribution in [0.15, 0.2) is 60.7 Å². The highest BCUT2D eigenvalue weighted by Gasteiger charge is 2.30. The number of hydrogen-bond acceptors (Lipinski definition) is 5. The van der Waals surface area contributed by atoms with Gasteiger partial charge in [0.1, 0.15) is 12.2 Å². The Morgan fingerprint density at radius 2 is 1.44 bits per heavy atom. The van der Waals surface area contributed by atoms with E-state index >= 15 is 0 Å². The third-order valence-corrected chi connectivity index (χ3v) is 4.32. The van der Waals surface area contributed by atoms with Crippen LogP contribution >= 0.6 is 0 Å². The quantitative estimate of drug-likeness (QED) is 0.596. The third kappa shape index (κ3) is 8.79. The summed E-state index contributed by atoms with van der Waals surface area (Å²) in [4.78, 5) is 39.2. The minimum atomic E-state index is -0.870. The van der Waals surface area contributed by atoms with Gasteiger partial charge in [-0.05, 0) is 40.2 Å². The number of amides is 2. The summed E-state index contributed by atoms with van der Waals surface area (Å²) < 4.78 is 10.8. The molecular weight excluding hydrogens is 408 g/mol. The second-order valence-corrected chi connectivity index (χ2v) is 9.20. The van der Waals surface area contributed by atoms with Gasteiger partial charge in [-0.3, -0.25) is 9.69 Å². The summed E-state index contributed by atoms with van der Waals surface area (Å²) in [5.74, 6) is -0.227. The molecule has 7 heteroatoms. The lowest BCUT2D eigenvalue weighted by molar-refractivity contribution is 0.0429. The number of hydrogen-bond donors (Lipinski definition) is 1. The van der Waals surface area contributed by atoms with Gasteiger partial charge < -0.3 is 14.8 Å². The number of nitrogens with one attached hydrogen (secondary N) is 1. The van der Waals surface area contributed by atoms with E-state index in [9.17, 15) is 14.4 Å². The molecule has 0 unspecified atom stereocenters. The van der Waals surface area contributed by atoms with E-state index in [4.69, 9.17) is 9.47 Å². The molecule has 1 N–H and O–H groups in total. The zero-order valence-electron chi connectivity index (χ0n) is 19.4. The van der Waals surface area contributed by atoms with Gasteiger partial charge >= 0.3 is 12.2 Å². The van der Waals surface area contributed by atoms with Gasteiger partial charge in [-0.1, -0.05) is 60.7 Å². The topological polar surface area (TPSA) is 84.9 Å². The molecule has 2 aromatic rings. The highest BCUT2D eigenvalue weighted by molar-refractivity contribution is 5.98. The van der Waals surface area contributed by atoms with Crippen LogP contribution in [0.4, 0.5) is 9.59 Å². The second-order valence-electron chi connectivity index (χ2n) is 9.20. The van der Waals surface area contributed by atoms with Crippen molar-refractivity contribution in [2.45, 2.75) is 52.4 Å². The average Bonchev–Trinajstić information content (AvgIpc) is 2.70. The van der Waals surface area contributed by atoms with Gasteiger partial charge in [0, 0.05) is 12.1 Å². The summed E-state index contributed by atoms with van der Waals surface area (Å²) in [6.45, 7) is 8.76. The fourth-order valence-corrected chi connectivity index (χ4v) is 2.98. The molecule has 0 saturated carbocycles. The first-order valence-corrected chi connectivity index (χ1v) is 10.5. The fourth-order valence-electron chi connectivity index (χ4n) is 2.98. The SMILES string of the molecule is CC(C)(CN(CC(=O)c1ccccc1)C(=O)OCc1ccccc1)NC(=O)OC(C)(C)C. The van der Waals surface area contributed by atoms with Gasteiger partial charge in [0.2, 0.25) is 0 Å². The normalized spacial score (nSPS) is 11.4. The molecule has 0 radical (unpaired) electrons. The number of rotatable bonds is 8. The number of ether oxygens (including phenoxy) is 2. The maximum atomic E-state index is 12.9. The van der Waals surface area contributed by atoms with Crippen molar-refractivity contribution >= 4 is 18.0 Å². The van der Waals surface area contributed by atoms with E-state index in [1.165, 1.54) is 4.90 Å². The first-order chi connectivity index (χ1) is 15.0. The Balaban J connectivity index is 2.12. The van der Waals surface area contributed by atoms with Crippen molar-refractivity contribution in [2.24, 2.45) is 0 Å². The highest BCUT2D eigenvalue weighted by atomic mass is 16.6. The summed E-state index contributed by atoms with van der Waals surface area (Å²) in [6, 6.07) is 18.0. The summed E-state index contributed by atoms with van der Waals surface area (Å²) in [5, 5.41) is 2.76. The molecule has 0 bridgehead atoms. The van der Waals surface area contributed by atoms with Crippen molar-refractivity contribution in [1.29, 1.82) is 0 Å². The Bertz CT molecular complexity index is 905. The minimum absolute atomic E-state index is 0.0540. The van der Waals surface area contributed by atoms with Gasteiger partial charge in [-0.15, -0.1) is 0 Å². The van der Waals surface area contributed by atoms with E-state index in [0.717, 1.165) is 5.56 Å². The average molecular weight is 441 g/mol. The zero-order valence-corrected chi connectivity index (χ0v) is 19.4. The molecule has 0 atom stereocenters. The van der Waals surface area contributed by atoms with Gasteiger partial charge in [-0.25, -0.2) is 9.59 Å². The van der Waals surface area contributed by atoms with E-state index in [1.807, 2.05) is 36.4 Å². The smallest absolute Gasteiger partial charge is 0.410 e. The Kier molecular flexibility index (Phi) is 8.41. The molecule has 0 aliphatic heterocycles. The Labute approximate surface area is 189 Å². The molecule has 0 heterocycles. The summed E-state index contributed by atoms with van der Waals surface area (Å²) in [6.07, 6.45) is -1.24. The number of carbonyl (C=O) groups is 3. The van der Waals surface area contributed by atoms with E-state index in [1.54, 1.807) is 58.9 Å². The zero-order chi connectivity index (χ0) is 23.8. The number of benzene rings is 2. The summed E-state index contributed by atoms with van der Waals surface area (Å²) >= 11 is 0. The molecule has 0 aliphatic carbocycles. The molecule has 2 amide bonds. The van der Waals surface area contributed by atoms with Gasteiger partial charge in [0.25, 0.3) is 0 Å². The molecule has 0 aliphatic rings. The minimum Gasteiger partial charge on any atom is -0.445 e. The van der Waals surface area contributed by atoms with E-state index in [2.05, 4.69) is 5.32 Å². The highest BCUT2D eigenvalue weighted by Crippen LogP contribution is 2.13. The first kappa shape index (κ1) is 24.9. The second kappa shape index (κ2) is 10.8. The Hall–Kier alpha value is -3.35. The van der Waals surface area contributed by atoms with Gasteiger partial charge in [0.05, 0.1) is 12.1 Å². The van der Waals surface area contributed by atoms with Crippen LogP contribution in [0.1, 0.15) is 50.5 Å². The van der Waals surface area contributed by atoms with E-state index in [0.29, 0.717) is 5.56 Å². The van der Waals surface area contributed by atoms with Crippen molar-refractivity contribution in [2.75, 3.05) is 13.1 Å². The molecule has 2 rings (SSSR count). The monoisotopic (exact) mass is 440 g/mol. The number of alkyl carbamates (subject to hydrolysis) is 1. The number of Topliss-reactive ketones (excluding diaryl/α,β-unsaturated/α-hetero) is 1. The van der Waals surface area contributed by atoms with Crippen molar-refractivity contribution in [3.05, 3.63) is 71.8 Å². The van der Waals surface area contributed by atoms with Crippen LogP contribution < -0.4 is 5.32 Å². The molecule has 0 spiro atoms. The standard InChI is InChI=1S/C25H32N2O5/c1-24(2,3)32-22(29)26-25(4,5)18-27(16-21(28)20-14-10-7-11-15-20)23(30)31-17-19-12-8-6-9-13-19/h6-15H,16-18H2,1-5H3,(H,26,29). The van der Waals surface area contributed by atoms with E-state index in [-0.39, 0.29) is 25.5 Å². The van der Waals surface area contributed by atoms with Crippen LogP contribution in [-0.2, 0) is 16.1 Å². The molecule has 172 valence electrons. The van der Waals surface area contributed by atoms with Crippen LogP contribution in [0.3, 0.4) is 0 Å². The largest absolute Gasteiger partial charge is 0.445 e. The van der Waals surface area contributed by atoms with Gasteiger partial charge in [-0.2, -0.15) is 0 Å². The predicted molar refractivity (Wildman–Crippen MR) is 122 cm³/mol. The van der Waals surface area contributed by atoms with Gasteiger partial charge in [0.15, 0.2) is 5.78 Å². The Morgan fingerprint density at radius 1 is 0.875 bits per heavy atom. The van der Waals surface area contributed by atoms with Crippen LogP contribution in [0.25, 0.3) is 0 Å². The summed E-state index contributed by atoms with van der Waals surface area (Å²) in [5.41, 5.74) is -0.199. The molecule has 7 nitrogen and oxygen atoms in total. The summed E-state index contributed by atoms with van der Waals surface area (Å²) in [7, 11) is 0. The lowest BCUT2D eigenvalue weighted by Crippen LogP contribution is -2.54. The molecule has 0 saturated heterocycles. The predicted octanol–water partition coefficient (Wildman–Crippen LogP) is 4.81. The van der Waals surface area contributed by atoms with Crippen LogP contribution in [0, 0.1) is 0 Å². The first-order valence-electron chi connectivity index (χ1n) is 10.5. The lowest BCUT2D eigenvalue weighted by Gasteiger charge is -2.33. The van der Waals surface area contributed by atoms with Crippen LogP contribution in [0.2, 0.25) is 0 Å². The fraction of sp³-hybridized carbons (Fsp3) is 0.400. The number of ketones is 1. The third-order valence-electron chi connectivity index (χ3n) is 4.32. The van der Waals surface area contributed by atoms with Crippen molar-refractivity contribution in [1.82, 2.24) is 10.2 Å². The lowest BCUT2D eigenvalue weighted by atomic mass is 10.0. The molecular formula is C25H32N2O5. The molecule has 2 aromatic carbocycles. The van der Waals surface area contributed by atoms with Crippen LogP contribution in [0.5, 0.6) is 0 Å². The Morgan fingerprint density at radius 3 is 2.00 bits per heavy atom. The maximum Gasteiger partial charge on any atom is 0.410 e. The molecule has 0 fully saturated rings. The number of carbonyl (C=O) groups excluding carboxylic acids is 3. The maximum absolute atomic E-state index is 12.9.